The van der Waals surface area contributed by atoms with Crippen LogP contribution in [0.4, 0.5) is 0 Å². The number of ether oxygens (including phenoxy) is 1. The van der Waals surface area contributed by atoms with E-state index in [-0.39, 0.29) is 5.97 Å². The molecular weight excluding hydrogens is 220 g/mol. The number of hydrogen-bond acceptors (Lipinski definition) is 4. The molecule has 0 saturated heterocycles. The third-order valence-electron chi connectivity index (χ3n) is 2.66. The fraction of sp³-hybridized carbons (Fsp3) is 0.583. The van der Waals surface area contributed by atoms with E-state index in [0.717, 1.165) is 18.5 Å². The van der Waals surface area contributed by atoms with Crippen molar-refractivity contribution in [2.45, 2.75) is 39.2 Å². The number of carbonyl (C=O) groups is 2. The second-order valence-corrected chi connectivity index (χ2v) is 3.95. The van der Waals surface area contributed by atoms with Crippen molar-refractivity contribution >= 4 is 12.3 Å². The van der Waals surface area contributed by atoms with Gasteiger partial charge in [0, 0.05) is 5.69 Å². The molecule has 0 bridgehead atoms. The molecule has 1 heterocycles. The summed E-state index contributed by atoms with van der Waals surface area (Å²) in [5.41, 5.74) is 1.13. The van der Waals surface area contributed by atoms with E-state index < -0.39 is 6.04 Å². The van der Waals surface area contributed by atoms with Crippen LogP contribution < -0.4 is 0 Å². The van der Waals surface area contributed by atoms with Crippen molar-refractivity contribution in [3.63, 3.8) is 0 Å². The van der Waals surface area contributed by atoms with Gasteiger partial charge in [-0.05, 0) is 19.4 Å². The number of esters is 1. The molecule has 17 heavy (non-hydrogen) atoms. The van der Waals surface area contributed by atoms with Crippen LogP contribution in [0.15, 0.2) is 6.07 Å². The molecule has 0 fully saturated rings. The third-order valence-corrected chi connectivity index (χ3v) is 2.66. The van der Waals surface area contributed by atoms with Crippen molar-refractivity contribution in [3.8, 4) is 0 Å². The highest BCUT2D eigenvalue weighted by atomic mass is 16.5. The number of rotatable bonds is 6. The minimum Gasteiger partial charge on any atom is -0.467 e. The van der Waals surface area contributed by atoms with Crippen LogP contribution in [-0.2, 0) is 9.53 Å². The van der Waals surface area contributed by atoms with Crippen molar-refractivity contribution in [1.29, 1.82) is 0 Å². The molecule has 0 spiro atoms. The molecule has 0 N–H and O–H groups in total. The van der Waals surface area contributed by atoms with Gasteiger partial charge in [0.15, 0.2) is 6.29 Å². The summed E-state index contributed by atoms with van der Waals surface area (Å²) in [5, 5.41) is 4.10. The summed E-state index contributed by atoms with van der Waals surface area (Å²) < 4.78 is 6.35. The Morgan fingerprint density at radius 2 is 2.35 bits per heavy atom. The first-order chi connectivity index (χ1) is 8.13. The summed E-state index contributed by atoms with van der Waals surface area (Å²) in [4.78, 5) is 22.4. The first kappa shape index (κ1) is 13.4. The molecule has 0 aromatic carbocycles. The van der Waals surface area contributed by atoms with E-state index in [2.05, 4.69) is 12.0 Å². The van der Waals surface area contributed by atoms with Gasteiger partial charge in [-0.1, -0.05) is 19.8 Å². The van der Waals surface area contributed by atoms with E-state index in [1.54, 1.807) is 10.7 Å². The van der Waals surface area contributed by atoms with E-state index >= 15 is 0 Å². The molecule has 0 aliphatic rings. The third kappa shape index (κ3) is 3.15. The van der Waals surface area contributed by atoms with Crippen LogP contribution >= 0.6 is 0 Å². The average Bonchev–Trinajstić information content (AvgIpc) is 2.71. The molecule has 1 aromatic heterocycles. The van der Waals surface area contributed by atoms with Gasteiger partial charge in [0.1, 0.15) is 11.7 Å². The van der Waals surface area contributed by atoms with Crippen molar-refractivity contribution < 1.29 is 14.3 Å². The molecule has 1 rings (SSSR count). The Balaban J connectivity index is 2.98. The molecule has 0 radical (unpaired) electrons. The Hall–Kier alpha value is -1.65. The number of aryl methyl sites for hydroxylation is 1. The van der Waals surface area contributed by atoms with Crippen molar-refractivity contribution in [2.75, 3.05) is 7.11 Å². The Bertz CT molecular complexity index is 398. The Labute approximate surface area is 101 Å². The molecule has 1 atom stereocenters. The molecule has 0 saturated carbocycles. The molecule has 5 heteroatoms. The topological polar surface area (TPSA) is 61.2 Å². The summed E-state index contributed by atoms with van der Waals surface area (Å²) in [7, 11) is 1.36. The normalized spacial score (nSPS) is 12.2. The van der Waals surface area contributed by atoms with Gasteiger partial charge in [-0.2, -0.15) is 5.10 Å². The maximum absolute atomic E-state index is 11.7. The fourth-order valence-corrected chi connectivity index (χ4v) is 1.76. The van der Waals surface area contributed by atoms with Crippen LogP contribution in [0, 0.1) is 6.92 Å². The molecule has 94 valence electrons. The SMILES string of the molecule is CCCCC(C(=O)OC)n1nc(C=O)cc1C. The van der Waals surface area contributed by atoms with Gasteiger partial charge in [-0.15, -0.1) is 0 Å². The number of aromatic nitrogens is 2. The largest absolute Gasteiger partial charge is 0.467 e. The maximum atomic E-state index is 11.7. The van der Waals surface area contributed by atoms with E-state index in [1.807, 2.05) is 6.92 Å². The Kier molecular flexibility index (Phi) is 4.87. The number of aldehydes is 1. The van der Waals surface area contributed by atoms with Gasteiger partial charge in [-0.25, -0.2) is 4.79 Å². The highest BCUT2D eigenvalue weighted by molar-refractivity contribution is 5.75. The predicted molar refractivity (Wildman–Crippen MR) is 62.9 cm³/mol. The number of carbonyl (C=O) groups excluding carboxylic acids is 2. The lowest BCUT2D eigenvalue weighted by molar-refractivity contribution is -0.145. The number of hydrogen-bond donors (Lipinski definition) is 0. The Morgan fingerprint density at radius 1 is 1.65 bits per heavy atom. The summed E-state index contributed by atoms with van der Waals surface area (Å²) >= 11 is 0. The molecule has 0 amide bonds. The smallest absolute Gasteiger partial charge is 0.330 e. The van der Waals surface area contributed by atoms with Crippen LogP contribution in [0.5, 0.6) is 0 Å². The van der Waals surface area contributed by atoms with E-state index in [0.29, 0.717) is 18.4 Å². The molecule has 0 aliphatic carbocycles. The fourth-order valence-electron chi connectivity index (χ4n) is 1.76. The van der Waals surface area contributed by atoms with E-state index in [9.17, 15) is 9.59 Å². The highest BCUT2D eigenvalue weighted by Gasteiger charge is 2.23. The van der Waals surface area contributed by atoms with Crippen LogP contribution in [0.2, 0.25) is 0 Å². The zero-order valence-corrected chi connectivity index (χ0v) is 10.5. The zero-order chi connectivity index (χ0) is 12.8. The monoisotopic (exact) mass is 238 g/mol. The van der Waals surface area contributed by atoms with Crippen molar-refractivity contribution in [3.05, 3.63) is 17.5 Å². The van der Waals surface area contributed by atoms with Gasteiger partial charge >= 0.3 is 5.97 Å². The summed E-state index contributed by atoms with van der Waals surface area (Å²) in [5.74, 6) is -0.318. The molecule has 1 aromatic rings. The standard InChI is InChI=1S/C12H18N2O3/c1-4-5-6-11(12(16)17-3)14-9(2)7-10(8-15)13-14/h7-8,11H,4-6H2,1-3H3. The van der Waals surface area contributed by atoms with Crippen LogP contribution in [0.1, 0.15) is 48.4 Å². The van der Waals surface area contributed by atoms with E-state index in [4.69, 9.17) is 4.74 Å². The number of nitrogens with zero attached hydrogens (tertiary/aromatic N) is 2. The first-order valence-electron chi connectivity index (χ1n) is 5.73. The molecular formula is C12H18N2O3. The molecule has 0 aliphatic heterocycles. The van der Waals surface area contributed by atoms with Gasteiger partial charge in [0.05, 0.1) is 7.11 Å². The van der Waals surface area contributed by atoms with Crippen LogP contribution in [0.3, 0.4) is 0 Å². The minimum atomic E-state index is -0.436. The van der Waals surface area contributed by atoms with Crippen LogP contribution in [0.25, 0.3) is 0 Å². The van der Waals surface area contributed by atoms with Gasteiger partial charge in [-0.3, -0.25) is 9.48 Å². The zero-order valence-electron chi connectivity index (χ0n) is 10.5. The van der Waals surface area contributed by atoms with Crippen LogP contribution in [-0.4, -0.2) is 29.1 Å². The van der Waals surface area contributed by atoms with Gasteiger partial charge in [0.25, 0.3) is 0 Å². The lowest BCUT2D eigenvalue weighted by atomic mass is 10.1. The number of methoxy groups -OCH3 is 1. The van der Waals surface area contributed by atoms with Crippen molar-refractivity contribution in [1.82, 2.24) is 9.78 Å². The number of unbranched alkanes of at least 4 members (excludes halogenated alkanes) is 1. The first-order valence-corrected chi connectivity index (χ1v) is 5.73. The second-order valence-electron chi connectivity index (χ2n) is 3.95. The lowest BCUT2D eigenvalue weighted by Crippen LogP contribution is -2.23. The molecule has 5 nitrogen and oxygen atoms in total. The summed E-state index contributed by atoms with van der Waals surface area (Å²) in [6.07, 6.45) is 3.26. The van der Waals surface area contributed by atoms with Gasteiger partial charge in [0.2, 0.25) is 0 Å². The maximum Gasteiger partial charge on any atom is 0.330 e. The summed E-state index contributed by atoms with van der Waals surface area (Å²) in [6.45, 7) is 3.88. The van der Waals surface area contributed by atoms with Crippen molar-refractivity contribution in [2.24, 2.45) is 0 Å². The Morgan fingerprint density at radius 3 is 2.82 bits per heavy atom. The quantitative estimate of drug-likeness (QED) is 0.561. The average molecular weight is 238 g/mol. The predicted octanol–water partition coefficient (Wildman–Crippen LogP) is 1.91. The lowest BCUT2D eigenvalue weighted by Gasteiger charge is -2.16. The second kappa shape index (κ2) is 6.18. The minimum absolute atomic E-state index is 0.318. The summed E-state index contributed by atoms with van der Waals surface area (Å²) in [6, 6.07) is 1.23. The molecule has 1 unspecified atom stereocenters. The highest BCUT2D eigenvalue weighted by Crippen LogP contribution is 2.18. The van der Waals surface area contributed by atoms with Gasteiger partial charge < -0.3 is 4.74 Å². The van der Waals surface area contributed by atoms with E-state index in [1.165, 1.54) is 7.11 Å².